The van der Waals surface area contributed by atoms with Crippen LogP contribution in [0, 0.1) is 6.92 Å². The third-order valence-corrected chi connectivity index (χ3v) is 6.91. The number of H-pyrrole nitrogens is 1. The molecule has 0 unspecified atom stereocenters. The summed E-state index contributed by atoms with van der Waals surface area (Å²) >= 11 is 0. The number of nitrogens with zero attached hydrogens (tertiary/aromatic N) is 4. The van der Waals surface area contributed by atoms with Gasteiger partial charge in [-0.1, -0.05) is 5.11 Å². The number of ketones is 2. The van der Waals surface area contributed by atoms with Crippen LogP contribution < -0.4 is 11.2 Å². The van der Waals surface area contributed by atoms with Gasteiger partial charge in [0.05, 0.1) is 31.3 Å². The van der Waals surface area contributed by atoms with Gasteiger partial charge in [-0.25, -0.2) is 9.36 Å². The van der Waals surface area contributed by atoms with E-state index in [0.717, 1.165) is 4.57 Å². The monoisotopic (exact) mass is 563 g/mol. The fourth-order valence-electron chi connectivity index (χ4n) is 3.59. The van der Waals surface area contributed by atoms with Gasteiger partial charge in [-0.2, -0.15) is 0 Å². The number of azide groups is 1. The number of aryl methyl sites for hydroxylation is 1. The zero-order chi connectivity index (χ0) is 28.0. The Hall–Kier alpha value is -4.04. The Morgan fingerprint density at radius 1 is 1.13 bits per heavy atom. The molecule has 39 heavy (non-hydrogen) atoms. The highest BCUT2D eigenvalue weighted by atomic mass is 31.2. The highest BCUT2D eigenvalue weighted by molar-refractivity contribution is 7.48. The first-order chi connectivity index (χ1) is 18.7. The van der Waals surface area contributed by atoms with Gasteiger partial charge in [0.15, 0.2) is 11.5 Å². The molecule has 3 aromatic rings. The maximum absolute atomic E-state index is 13.4. The number of Topliss-reactive ketones (excluding diaryl/α,β-unsaturated/α-hetero) is 2. The lowest BCUT2D eigenvalue weighted by molar-refractivity contribution is -0.0298. The first-order valence-electron chi connectivity index (χ1n) is 11.4. The Balaban J connectivity index is 1.48. The number of ether oxygens (including phenoxy) is 1. The van der Waals surface area contributed by atoms with Gasteiger partial charge in [0.2, 0.25) is 11.6 Å². The topological polar surface area (TPSA) is 218 Å². The van der Waals surface area contributed by atoms with Crippen LogP contribution in [0.2, 0.25) is 0 Å². The minimum absolute atomic E-state index is 0.0173. The molecule has 1 aliphatic rings. The molecular formula is C22H22N5O11P. The fraction of sp³-hybridized carbons (Fsp3) is 0.364. The number of phosphoric acid groups is 1. The van der Waals surface area contributed by atoms with Crippen molar-refractivity contribution in [3.8, 4) is 0 Å². The summed E-state index contributed by atoms with van der Waals surface area (Å²) < 4.78 is 46.0. The Morgan fingerprint density at radius 3 is 2.28 bits per heavy atom. The second-order valence-corrected chi connectivity index (χ2v) is 9.88. The lowest BCUT2D eigenvalue weighted by atomic mass is 10.1. The van der Waals surface area contributed by atoms with Crippen LogP contribution >= 0.6 is 7.82 Å². The molecule has 3 atom stereocenters. The van der Waals surface area contributed by atoms with E-state index in [4.69, 9.17) is 32.7 Å². The molecule has 0 amide bonds. The van der Waals surface area contributed by atoms with E-state index in [9.17, 15) is 23.7 Å². The van der Waals surface area contributed by atoms with E-state index in [1.54, 1.807) is 0 Å². The summed E-state index contributed by atoms with van der Waals surface area (Å²) in [5.74, 6) is -1.50. The maximum Gasteiger partial charge on any atom is 0.475 e. The molecule has 4 rings (SSSR count). The van der Waals surface area contributed by atoms with Crippen molar-refractivity contribution < 1.29 is 41.3 Å². The van der Waals surface area contributed by atoms with Gasteiger partial charge >= 0.3 is 13.5 Å². The number of nitrogens with one attached hydrogen (secondary N) is 1. The van der Waals surface area contributed by atoms with E-state index in [1.165, 1.54) is 49.9 Å². The summed E-state index contributed by atoms with van der Waals surface area (Å²) in [6.45, 7) is -0.605. The normalized spacial score (nSPS) is 19.1. The average Bonchev–Trinajstić information content (AvgIpc) is 3.70. The van der Waals surface area contributed by atoms with Gasteiger partial charge < -0.3 is 13.6 Å². The number of carbonyl (C=O) groups excluding carboxylic acids is 2. The van der Waals surface area contributed by atoms with Crippen LogP contribution in [0.4, 0.5) is 0 Å². The molecule has 16 nitrogen and oxygen atoms in total. The molecule has 1 N–H and O–H groups in total. The van der Waals surface area contributed by atoms with Gasteiger partial charge in [-0.3, -0.25) is 37.5 Å². The quantitative estimate of drug-likeness (QED) is 0.105. The molecule has 0 saturated carbocycles. The summed E-state index contributed by atoms with van der Waals surface area (Å²) in [5.41, 5.74) is 7.91. The molecule has 1 saturated heterocycles. The fourth-order valence-corrected chi connectivity index (χ4v) is 4.70. The van der Waals surface area contributed by atoms with Crippen LogP contribution in [0.1, 0.15) is 39.3 Å². The minimum Gasteiger partial charge on any atom is -0.461 e. The predicted octanol–water partition coefficient (Wildman–Crippen LogP) is 2.92. The molecule has 1 fully saturated rings. The molecule has 1 aliphatic heterocycles. The van der Waals surface area contributed by atoms with Crippen molar-refractivity contribution in [2.24, 2.45) is 5.11 Å². The molecule has 0 bridgehead atoms. The van der Waals surface area contributed by atoms with E-state index < -0.39 is 68.8 Å². The van der Waals surface area contributed by atoms with Gasteiger partial charge in [0.25, 0.3) is 5.56 Å². The Bertz CT molecular complexity index is 1470. The largest absolute Gasteiger partial charge is 0.475 e. The predicted molar refractivity (Wildman–Crippen MR) is 129 cm³/mol. The highest BCUT2D eigenvalue weighted by Gasteiger charge is 2.39. The van der Waals surface area contributed by atoms with Crippen LogP contribution in [0.25, 0.3) is 10.4 Å². The van der Waals surface area contributed by atoms with Crippen LogP contribution in [-0.4, -0.2) is 53.1 Å². The van der Waals surface area contributed by atoms with Crippen molar-refractivity contribution in [2.75, 3.05) is 19.8 Å². The number of furan rings is 2. The number of rotatable bonds is 13. The molecular weight excluding hydrogens is 541 g/mol. The summed E-state index contributed by atoms with van der Waals surface area (Å²) in [6, 6.07) is 4.80. The Kier molecular flexibility index (Phi) is 8.76. The van der Waals surface area contributed by atoms with Gasteiger partial charge in [0.1, 0.15) is 19.4 Å². The van der Waals surface area contributed by atoms with Crippen molar-refractivity contribution in [1.29, 1.82) is 0 Å². The molecule has 0 radical (unpaired) electrons. The van der Waals surface area contributed by atoms with Gasteiger partial charge in [0, 0.05) is 23.1 Å². The lowest BCUT2D eigenvalue weighted by Gasteiger charge is -2.21. The number of aromatic amines is 1. The minimum atomic E-state index is -4.60. The molecule has 206 valence electrons. The lowest BCUT2D eigenvalue weighted by Crippen LogP contribution is -2.33. The molecule has 0 aromatic carbocycles. The van der Waals surface area contributed by atoms with Crippen molar-refractivity contribution in [3.63, 3.8) is 0 Å². The molecule has 0 spiro atoms. The van der Waals surface area contributed by atoms with Crippen LogP contribution in [-0.2, 0) is 22.9 Å². The smallest absolute Gasteiger partial charge is 0.461 e. The highest BCUT2D eigenvalue weighted by Crippen LogP contribution is 2.50. The van der Waals surface area contributed by atoms with Crippen molar-refractivity contribution in [2.45, 2.75) is 31.7 Å². The van der Waals surface area contributed by atoms with E-state index in [-0.39, 0.29) is 23.5 Å². The first kappa shape index (κ1) is 28.0. The second-order valence-electron chi connectivity index (χ2n) is 8.21. The molecule has 3 aromatic heterocycles. The standard InChI is InChI=1S/C22H22N5O11P/c1-13-9-27(22(31)24-21(13)30)20-8-14(25-26-23)19(38-20)12-37-39(32,35-10-15(28)17-4-2-6-33-17)36-11-16(29)18-5-3-7-34-18/h2-7,9,14,19-20H,8,10-12H2,1H3,(H,24,30,31)/t14-,19+,20+/m0/s1. The summed E-state index contributed by atoms with van der Waals surface area (Å²) in [6.07, 6.45) is 1.83. The van der Waals surface area contributed by atoms with E-state index >= 15 is 0 Å². The SMILES string of the molecule is Cc1cn([C@H]2C[C@H](N=[N+]=[N-])[C@@H](COP(=O)(OCC(=O)c3ccco3)OCC(=O)c3ccco3)O2)c(=O)[nH]c1=O. The van der Waals surface area contributed by atoms with Gasteiger partial charge in [-0.05, 0) is 36.7 Å². The summed E-state index contributed by atoms with van der Waals surface area (Å²) in [7, 11) is -4.60. The average molecular weight is 563 g/mol. The molecule has 17 heteroatoms. The maximum atomic E-state index is 13.4. The van der Waals surface area contributed by atoms with E-state index in [0.29, 0.717) is 0 Å². The number of hydrogen-bond acceptors (Lipinski definition) is 12. The number of aromatic nitrogens is 2. The van der Waals surface area contributed by atoms with Crippen molar-refractivity contribution in [3.05, 3.63) is 91.4 Å². The summed E-state index contributed by atoms with van der Waals surface area (Å²) in [5, 5.41) is 3.65. The Labute approximate surface area is 218 Å². The number of phosphoric ester groups is 1. The zero-order valence-corrected chi connectivity index (χ0v) is 21.2. The number of hydrogen-bond donors (Lipinski definition) is 1. The van der Waals surface area contributed by atoms with Crippen molar-refractivity contribution >= 4 is 19.4 Å². The number of carbonyl (C=O) groups is 2. The van der Waals surface area contributed by atoms with E-state index in [1.807, 2.05) is 0 Å². The summed E-state index contributed by atoms with van der Waals surface area (Å²) in [4.78, 5) is 53.5. The Morgan fingerprint density at radius 2 is 1.74 bits per heavy atom. The van der Waals surface area contributed by atoms with Crippen LogP contribution in [0.15, 0.2) is 66.5 Å². The van der Waals surface area contributed by atoms with Crippen LogP contribution in [0.3, 0.4) is 0 Å². The molecule has 0 aliphatic carbocycles. The first-order valence-corrected chi connectivity index (χ1v) is 12.8. The van der Waals surface area contributed by atoms with Crippen LogP contribution in [0.5, 0.6) is 0 Å². The third kappa shape index (κ3) is 6.89. The molecule has 4 heterocycles. The van der Waals surface area contributed by atoms with E-state index in [2.05, 4.69) is 15.0 Å². The van der Waals surface area contributed by atoms with Crippen molar-refractivity contribution in [1.82, 2.24) is 9.55 Å². The van der Waals surface area contributed by atoms with Gasteiger partial charge in [-0.15, -0.1) is 0 Å². The second kappa shape index (κ2) is 12.2. The zero-order valence-electron chi connectivity index (χ0n) is 20.3. The third-order valence-electron chi connectivity index (χ3n) is 5.56.